The molecule has 19 heavy (non-hydrogen) atoms. The summed E-state index contributed by atoms with van der Waals surface area (Å²) in [5, 5.41) is 0. The summed E-state index contributed by atoms with van der Waals surface area (Å²) in [5.41, 5.74) is 4.88. The molecule has 1 aliphatic heterocycles. The predicted molar refractivity (Wildman–Crippen MR) is 79.2 cm³/mol. The number of aryl methyl sites for hydroxylation is 3. The van der Waals surface area contributed by atoms with Crippen molar-refractivity contribution in [2.75, 3.05) is 11.4 Å². The van der Waals surface area contributed by atoms with Crippen molar-refractivity contribution in [1.82, 2.24) is 0 Å². The molecule has 0 bridgehead atoms. The summed E-state index contributed by atoms with van der Waals surface area (Å²) in [5.74, 6) is 2.94. The lowest BCUT2D eigenvalue weighted by molar-refractivity contribution is -0.117. The number of carbonyl (C=O) groups excluding carboxylic acids is 1. The molecule has 1 aliphatic rings. The van der Waals surface area contributed by atoms with Gasteiger partial charge >= 0.3 is 0 Å². The quantitative estimate of drug-likeness (QED) is 0.760. The SMILES string of the molecule is C#CC1CC(=O)N(c2c(CC)cc(C)cc2CC)C1. The molecule has 1 aromatic rings. The first kappa shape index (κ1) is 13.7. The minimum Gasteiger partial charge on any atom is -0.311 e. The number of benzene rings is 1. The van der Waals surface area contributed by atoms with Gasteiger partial charge in [-0.25, -0.2) is 0 Å². The van der Waals surface area contributed by atoms with Crippen molar-refractivity contribution < 1.29 is 4.79 Å². The van der Waals surface area contributed by atoms with E-state index in [1.165, 1.54) is 16.7 Å². The van der Waals surface area contributed by atoms with Crippen molar-refractivity contribution in [1.29, 1.82) is 0 Å². The summed E-state index contributed by atoms with van der Waals surface area (Å²) < 4.78 is 0. The molecule has 0 aromatic heterocycles. The molecule has 1 saturated heterocycles. The van der Waals surface area contributed by atoms with Crippen LogP contribution in [0.5, 0.6) is 0 Å². The van der Waals surface area contributed by atoms with Gasteiger partial charge in [0.2, 0.25) is 5.91 Å². The number of amides is 1. The third-order valence-corrected chi connectivity index (χ3v) is 3.80. The second-order valence-electron chi connectivity index (χ2n) is 5.21. The second-order valence-corrected chi connectivity index (χ2v) is 5.21. The topological polar surface area (TPSA) is 20.3 Å². The van der Waals surface area contributed by atoms with Gasteiger partial charge < -0.3 is 4.90 Å². The molecule has 1 atom stereocenters. The lowest BCUT2D eigenvalue weighted by atomic mass is 9.98. The van der Waals surface area contributed by atoms with E-state index >= 15 is 0 Å². The summed E-state index contributed by atoms with van der Waals surface area (Å²) in [6, 6.07) is 4.37. The Balaban J connectivity index is 2.50. The fourth-order valence-electron chi connectivity index (χ4n) is 2.86. The highest BCUT2D eigenvalue weighted by Gasteiger charge is 2.31. The molecule has 0 N–H and O–H groups in total. The molecule has 0 saturated carbocycles. The maximum absolute atomic E-state index is 12.2. The van der Waals surface area contributed by atoms with Crippen LogP contribution in [0, 0.1) is 25.2 Å². The van der Waals surface area contributed by atoms with Crippen molar-refractivity contribution in [2.45, 2.75) is 40.0 Å². The van der Waals surface area contributed by atoms with Crippen molar-refractivity contribution in [2.24, 2.45) is 5.92 Å². The van der Waals surface area contributed by atoms with Crippen LogP contribution in [0.1, 0.15) is 37.0 Å². The van der Waals surface area contributed by atoms with Crippen LogP contribution in [0.15, 0.2) is 12.1 Å². The Kier molecular flexibility index (Phi) is 3.95. The Bertz CT molecular complexity index is 514. The predicted octanol–water partition coefficient (Wildman–Crippen LogP) is 3.11. The van der Waals surface area contributed by atoms with Gasteiger partial charge in [0.25, 0.3) is 0 Å². The van der Waals surface area contributed by atoms with Crippen LogP contribution < -0.4 is 4.90 Å². The van der Waals surface area contributed by atoms with E-state index in [0.29, 0.717) is 13.0 Å². The highest BCUT2D eigenvalue weighted by molar-refractivity contribution is 5.97. The number of terminal acetylenes is 1. The van der Waals surface area contributed by atoms with E-state index in [9.17, 15) is 4.79 Å². The normalized spacial score (nSPS) is 18.7. The Morgan fingerprint density at radius 3 is 2.32 bits per heavy atom. The minimum atomic E-state index is 0.0585. The first-order valence-electron chi connectivity index (χ1n) is 6.99. The summed E-state index contributed by atoms with van der Waals surface area (Å²) in [7, 11) is 0. The number of rotatable bonds is 3. The van der Waals surface area contributed by atoms with Crippen LogP contribution in [0.25, 0.3) is 0 Å². The zero-order valence-corrected chi connectivity index (χ0v) is 12.0. The number of hydrogen-bond donors (Lipinski definition) is 0. The van der Waals surface area contributed by atoms with E-state index in [0.717, 1.165) is 18.5 Å². The molecule has 2 nitrogen and oxygen atoms in total. The lowest BCUT2D eigenvalue weighted by Gasteiger charge is -2.23. The zero-order chi connectivity index (χ0) is 14.0. The van der Waals surface area contributed by atoms with Crippen molar-refractivity contribution in [3.8, 4) is 12.3 Å². The van der Waals surface area contributed by atoms with Crippen molar-refractivity contribution in [3.63, 3.8) is 0 Å². The molecule has 1 unspecified atom stereocenters. The Hall–Kier alpha value is -1.75. The minimum absolute atomic E-state index is 0.0585. The van der Waals surface area contributed by atoms with Crippen molar-refractivity contribution in [3.05, 3.63) is 28.8 Å². The van der Waals surface area contributed by atoms with Gasteiger partial charge in [0.15, 0.2) is 0 Å². The van der Waals surface area contributed by atoms with E-state index < -0.39 is 0 Å². The third kappa shape index (κ3) is 2.51. The van der Waals surface area contributed by atoms with Crippen LogP contribution in [-0.2, 0) is 17.6 Å². The van der Waals surface area contributed by atoms with Gasteiger partial charge in [0, 0.05) is 18.9 Å². The Morgan fingerprint density at radius 1 is 1.32 bits per heavy atom. The smallest absolute Gasteiger partial charge is 0.228 e. The second kappa shape index (κ2) is 5.48. The van der Waals surface area contributed by atoms with Crippen molar-refractivity contribution >= 4 is 11.6 Å². The fraction of sp³-hybridized carbons (Fsp3) is 0.471. The standard InChI is InChI=1S/C17H21NO/c1-5-13-10-16(19)18(11-13)17-14(6-2)8-12(4)9-15(17)7-3/h1,8-9,13H,6-7,10-11H2,2-4H3. The summed E-state index contributed by atoms with van der Waals surface area (Å²) >= 11 is 0. The molecule has 2 heteroatoms. The van der Waals surface area contributed by atoms with Gasteiger partial charge in [-0.1, -0.05) is 31.5 Å². The highest BCUT2D eigenvalue weighted by atomic mass is 16.2. The van der Waals surface area contributed by atoms with Gasteiger partial charge in [-0.15, -0.1) is 12.3 Å². The largest absolute Gasteiger partial charge is 0.311 e. The first-order chi connectivity index (χ1) is 9.10. The lowest BCUT2D eigenvalue weighted by Crippen LogP contribution is -2.27. The molecule has 100 valence electrons. The monoisotopic (exact) mass is 255 g/mol. The zero-order valence-electron chi connectivity index (χ0n) is 12.0. The van der Waals surface area contributed by atoms with Crippen LogP contribution in [0.3, 0.4) is 0 Å². The number of carbonyl (C=O) groups is 1. The van der Waals surface area contributed by atoms with Gasteiger partial charge in [0.1, 0.15) is 0 Å². The maximum atomic E-state index is 12.2. The molecule has 1 aromatic carbocycles. The third-order valence-electron chi connectivity index (χ3n) is 3.80. The van der Waals surface area contributed by atoms with E-state index in [2.05, 4.69) is 38.8 Å². The fourth-order valence-corrected chi connectivity index (χ4v) is 2.86. The Labute approximate surface area is 115 Å². The summed E-state index contributed by atoms with van der Waals surface area (Å²) in [4.78, 5) is 14.1. The van der Waals surface area contributed by atoms with Crippen LogP contribution >= 0.6 is 0 Å². The molecule has 0 radical (unpaired) electrons. The molecule has 0 spiro atoms. The first-order valence-corrected chi connectivity index (χ1v) is 6.99. The summed E-state index contributed by atoms with van der Waals surface area (Å²) in [6.45, 7) is 7.05. The van der Waals surface area contributed by atoms with Gasteiger partial charge in [-0.3, -0.25) is 4.79 Å². The summed E-state index contributed by atoms with van der Waals surface area (Å²) in [6.07, 6.45) is 7.83. The molecule has 1 heterocycles. The van der Waals surface area contributed by atoms with Crippen LogP contribution in [0.4, 0.5) is 5.69 Å². The van der Waals surface area contributed by atoms with E-state index in [1.807, 2.05) is 4.90 Å². The van der Waals surface area contributed by atoms with Gasteiger partial charge in [-0.05, 0) is 30.9 Å². The van der Waals surface area contributed by atoms with Crippen LogP contribution in [0.2, 0.25) is 0 Å². The van der Waals surface area contributed by atoms with E-state index in [-0.39, 0.29) is 11.8 Å². The Morgan fingerprint density at radius 2 is 1.89 bits per heavy atom. The van der Waals surface area contributed by atoms with E-state index in [1.54, 1.807) is 0 Å². The van der Waals surface area contributed by atoms with Gasteiger partial charge in [0.05, 0.1) is 5.69 Å². The number of hydrogen-bond acceptors (Lipinski definition) is 1. The van der Waals surface area contributed by atoms with E-state index in [4.69, 9.17) is 6.42 Å². The molecule has 1 amide bonds. The number of nitrogens with zero attached hydrogens (tertiary/aromatic N) is 1. The molecular weight excluding hydrogens is 234 g/mol. The van der Waals surface area contributed by atoms with Crippen LogP contribution in [-0.4, -0.2) is 12.5 Å². The number of anilines is 1. The van der Waals surface area contributed by atoms with Gasteiger partial charge in [-0.2, -0.15) is 0 Å². The average molecular weight is 255 g/mol. The molecule has 1 fully saturated rings. The molecule has 0 aliphatic carbocycles. The molecule has 2 rings (SSSR count). The molecular formula is C17H21NO. The maximum Gasteiger partial charge on any atom is 0.228 e. The highest BCUT2D eigenvalue weighted by Crippen LogP contribution is 2.33. The average Bonchev–Trinajstić information content (AvgIpc) is 2.78.